The highest BCUT2D eigenvalue weighted by Crippen LogP contribution is 2.26. The molecule has 0 radical (unpaired) electrons. The summed E-state index contributed by atoms with van der Waals surface area (Å²) in [5, 5.41) is 12.9. The van der Waals surface area contributed by atoms with E-state index in [1.807, 2.05) is 31.2 Å². The third-order valence-corrected chi connectivity index (χ3v) is 2.29. The monoisotopic (exact) mass is 259 g/mol. The number of hydrazine groups is 1. The number of ether oxygens (including phenoxy) is 1. The minimum atomic E-state index is 0.285. The van der Waals surface area contributed by atoms with Crippen LogP contribution >= 0.6 is 0 Å². The van der Waals surface area contributed by atoms with Gasteiger partial charge >= 0.3 is 0 Å². The summed E-state index contributed by atoms with van der Waals surface area (Å²) in [5.74, 6) is 1.36. The van der Waals surface area contributed by atoms with Crippen molar-refractivity contribution in [1.82, 2.24) is 5.43 Å². The molecule has 1 aliphatic rings. The molecule has 0 bridgehead atoms. The summed E-state index contributed by atoms with van der Waals surface area (Å²) in [7, 11) is 0. The van der Waals surface area contributed by atoms with Crippen LogP contribution in [-0.4, -0.2) is 25.3 Å². The van der Waals surface area contributed by atoms with E-state index in [1.54, 1.807) is 11.3 Å². The van der Waals surface area contributed by atoms with Gasteiger partial charge in [-0.25, -0.2) is 5.01 Å². The zero-order valence-corrected chi connectivity index (χ0v) is 10.4. The summed E-state index contributed by atoms with van der Waals surface area (Å²) in [4.78, 5) is 2.67. The Bertz CT molecular complexity index is 548. The molecular formula is C11H13N7O. The van der Waals surface area contributed by atoms with Crippen LogP contribution in [0.1, 0.15) is 6.92 Å². The highest BCUT2D eigenvalue weighted by atomic mass is 16.5. The SMILES string of the molecule is CC1=NN=CN(c2ccccc2OCCN=[N+]=[N-])N1. The molecule has 0 aliphatic carbocycles. The van der Waals surface area contributed by atoms with Gasteiger partial charge in [-0.3, -0.25) is 5.43 Å². The van der Waals surface area contributed by atoms with Crippen molar-refractivity contribution in [3.8, 4) is 5.75 Å². The highest BCUT2D eigenvalue weighted by Gasteiger charge is 2.12. The fourth-order valence-electron chi connectivity index (χ4n) is 1.53. The third-order valence-electron chi connectivity index (χ3n) is 2.29. The number of hydrogen-bond donors (Lipinski definition) is 1. The second-order valence-corrected chi connectivity index (χ2v) is 3.67. The van der Waals surface area contributed by atoms with Crippen molar-refractivity contribution in [1.29, 1.82) is 0 Å². The quantitative estimate of drug-likeness (QED) is 0.379. The number of nitrogens with zero attached hydrogens (tertiary/aromatic N) is 6. The van der Waals surface area contributed by atoms with E-state index in [0.717, 1.165) is 5.69 Å². The van der Waals surface area contributed by atoms with Crippen molar-refractivity contribution in [2.75, 3.05) is 18.2 Å². The summed E-state index contributed by atoms with van der Waals surface area (Å²) < 4.78 is 5.58. The molecule has 1 aliphatic heterocycles. The van der Waals surface area contributed by atoms with E-state index in [9.17, 15) is 0 Å². The Kier molecular flexibility index (Phi) is 4.20. The van der Waals surface area contributed by atoms with Gasteiger partial charge in [0.1, 0.15) is 23.6 Å². The predicted octanol–water partition coefficient (Wildman–Crippen LogP) is 2.06. The number of benzene rings is 1. The summed E-state index contributed by atoms with van der Waals surface area (Å²) in [6.07, 6.45) is 1.56. The first kappa shape index (κ1) is 12.7. The zero-order chi connectivity index (χ0) is 13.5. The van der Waals surface area contributed by atoms with E-state index in [-0.39, 0.29) is 6.54 Å². The molecular weight excluding hydrogens is 246 g/mol. The lowest BCUT2D eigenvalue weighted by atomic mass is 10.3. The molecule has 1 aromatic rings. The van der Waals surface area contributed by atoms with Gasteiger partial charge in [0.05, 0.1) is 13.2 Å². The van der Waals surface area contributed by atoms with Crippen LogP contribution in [0.3, 0.4) is 0 Å². The van der Waals surface area contributed by atoms with Gasteiger partial charge in [0.25, 0.3) is 0 Å². The summed E-state index contributed by atoms with van der Waals surface area (Å²) >= 11 is 0. The molecule has 0 amide bonds. The lowest BCUT2D eigenvalue weighted by Crippen LogP contribution is -2.42. The van der Waals surface area contributed by atoms with E-state index in [1.165, 1.54) is 0 Å². The molecule has 98 valence electrons. The smallest absolute Gasteiger partial charge is 0.144 e. The number of amidine groups is 1. The topological polar surface area (TPSA) is 98.0 Å². The maximum Gasteiger partial charge on any atom is 0.144 e. The average molecular weight is 259 g/mol. The lowest BCUT2D eigenvalue weighted by Gasteiger charge is -2.24. The van der Waals surface area contributed by atoms with Crippen LogP contribution in [0.25, 0.3) is 10.4 Å². The van der Waals surface area contributed by atoms with Crippen LogP contribution in [0.5, 0.6) is 5.75 Å². The number of rotatable bonds is 5. The van der Waals surface area contributed by atoms with Crippen molar-refractivity contribution < 1.29 is 4.74 Å². The minimum Gasteiger partial charge on any atom is -0.491 e. The lowest BCUT2D eigenvalue weighted by molar-refractivity contribution is 0.329. The van der Waals surface area contributed by atoms with Gasteiger partial charge in [-0.2, -0.15) is 0 Å². The predicted molar refractivity (Wildman–Crippen MR) is 73.2 cm³/mol. The second-order valence-electron chi connectivity index (χ2n) is 3.67. The van der Waals surface area contributed by atoms with Gasteiger partial charge in [0, 0.05) is 4.91 Å². The number of azide groups is 1. The molecule has 8 heteroatoms. The van der Waals surface area contributed by atoms with Gasteiger partial charge < -0.3 is 4.74 Å². The maximum absolute atomic E-state index is 8.21. The molecule has 0 fully saturated rings. The van der Waals surface area contributed by atoms with Crippen LogP contribution in [-0.2, 0) is 0 Å². The number of para-hydroxylation sites is 2. The molecule has 8 nitrogen and oxygen atoms in total. The van der Waals surface area contributed by atoms with E-state index in [0.29, 0.717) is 18.2 Å². The Labute approximate surface area is 110 Å². The first-order valence-electron chi connectivity index (χ1n) is 5.67. The van der Waals surface area contributed by atoms with Crippen molar-refractivity contribution in [3.05, 3.63) is 34.7 Å². The van der Waals surface area contributed by atoms with Crippen molar-refractivity contribution in [3.63, 3.8) is 0 Å². The normalized spacial score (nSPS) is 13.3. The van der Waals surface area contributed by atoms with Gasteiger partial charge in [-0.05, 0) is 24.6 Å². The minimum absolute atomic E-state index is 0.285. The van der Waals surface area contributed by atoms with Crippen molar-refractivity contribution >= 4 is 17.9 Å². The van der Waals surface area contributed by atoms with Gasteiger partial charge in [-0.15, -0.1) is 10.2 Å². The Morgan fingerprint density at radius 3 is 3.11 bits per heavy atom. The number of nitrogens with one attached hydrogen (secondary N) is 1. The molecule has 1 aromatic carbocycles. The Morgan fingerprint density at radius 1 is 1.47 bits per heavy atom. The standard InChI is InChI=1S/C11H13N7O/c1-9-15-14-8-18(16-9)10-4-2-3-5-11(10)19-7-6-13-17-12/h2-5,8H,6-7H2,1H3,(H,15,16). The molecule has 0 atom stereocenters. The third kappa shape index (κ3) is 3.36. The maximum atomic E-state index is 8.21. The fourth-order valence-corrected chi connectivity index (χ4v) is 1.53. The number of anilines is 1. The molecule has 2 rings (SSSR count). The van der Waals surface area contributed by atoms with Crippen LogP contribution in [0.4, 0.5) is 5.69 Å². The fraction of sp³-hybridized carbons (Fsp3) is 0.273. The van der Waals surface area contributed by atoms with E-state index >= 15 is 0 Å². The largest absolute Gasteiger partial charge is 0.491 e. The Balaban J connectivity index is 2.10. The van der Waals surface area contributed by atoms with Crippen LogP contribution < -0.4 is 15.2 Å². The zero-order valence-electron chi connectivity index (χ0n) is 10.4. The van der Waals surface area contributed by atoms with Gasteiger partial charge in [0.15, 0.2) is 0 Å². The summed E-state index contributed by atoms with van der Waals surface area (Å²) in [5.41, 5.74) is 12.1. The molecule has 1 heterocycles. The summed E-state index contributed by atoms with van der Waals surface area (Å²) in [6.45, 7) is 2.42. The van der Waals surface area contributed by atoms with Crippen molar-refractivity contribution in [2.45, 2.75) is 6.92 Å². The first-order chi connectivity index (χ1) is 9.31. The average Bonchev–Trinajstić information content (AvgIpc) is 2.44. The van der Waals surface area contributed by atoms with Crippen LogP contribution in [0, 0.1) is 0 Å². The first-order valence-corrected chi connectivity index (χ1v) is 5.67. The molecule has 0 saturated heterocycles. The van der Waals surface area contributed by atoms with E-state index in [2.05, 4.69) is 25.7 Å². The van der Waals surface area contributed by atoms with E-state index < -0.39 is 0 Å². The van der Waals surface area contributed by atoms with Gasteiger partial charge in [-0.1, -0.05) is 17.2 Å². The van der Waals surface area contributed by atoms with E-state index in [4.69, 9.17) is 10.3 Å². The molecule has 1 N–H and O–H groups in total. The molecule has 19 heavy (non-hydrogen) atoms. The van der Waals surface area contributed by atoms with Crippen LogP contribution in [0.2, 0.25) is 0 Å². The van der Waals surface area contributed by atoms with Gasteiger partial charge in [0.2, 0.25) is 0 Å². The Hall–Kier alpha value is -2.73. The number of hydrogen-bond acceptors (Lipinski definition) is 6. The Morgan fingerprint density at radius 2 is 2.32 bits per heavy atom. The van der Waals surface area contributed by atoms with Crippen molar-refractivity contribution in [2.24, 2.45) is 15.3 Å². The van der Waals surface area contributed by atoms with Crippen LogP contribution in [0.15, 0.2) is 39.6 Å². The molecule has 0 unspecified atom stereocenters. The molecule has 0 spiro atoms. The highest BCUT2D eigenvalue weighted by molar-refractivity contribution is 5.92. The molecule has 0 aromatic heterocycles. The summed E-state index contributed by atoms with van der Waals surface area (Å²) in [6, 6.07) is 7.49. The molecule has 0 saturated carbocycles. The second kappa shape index (κ2) is 6.27.